The minimum absolute atomic E-state index is 0.400. The zero-order chi connectivity index (χ0) is 19.2. The van der Waals surface area contributed by atoms with Gasteiger partial charge in [0.25, 0.3) is 0 Å². The van der Waals surface area contributed by atoms with Gasteiger partial charge in [-0.15, -0.1) is 0 Å². The topological polar surface area (TPSA) is 47.9 Å². The molecule has 0 rings (SSSR count). The Morgan fingerprint density at radius 3 is 1.92 bits per heavy atom. The lowest BCUT2D eigenvalue weighted by Crippen LogP contribution is -2.51. The van der Waals surface area contributed by atoms with Crippen LogP contribution in [0.15, 0.2) is 0 Å². The summed E-state index contributed by atoms with van der Waals surface area (Å²) in [5, 5.41) is 9.94. The molecule has 0 heterocycles. The van der Waals surface area contributed by atoms with E-state index in [1.54, 1.807) is 0 Å². The normalized spacial score (nSPS) is 15.6. The van der Waals surface area contributed by atoms with Crippen molar-refractivity contribution in [2.24, 2.45) is 0 Å². The molecular formula is C16H42NO4Si3+. The standard InChI is InChI=1S/C16H42NO4Si3/c1-17(2,3)14-16(18)15-19-12-11-13-23(7,8)21-24(9,10)20-22(4,5)6/h16,18H,11-15H2,1-10H3/q+1. The average molecular weight is 397 g/mol. The smallest absolute Gasteiger partial charge is 0.311 e. The van der Waals surface area contributed by atoms with Crippen LogP contribution in [0.1, 0.15) is 6.42 Å². The van der Waals surface area contributed by atoms with Crippen molar-refractivity contribution in [3.05, 3.63) is 0 Å². The number of nitrogens with zero attached hydrogens (tertiary/aromatic N) is 1. The van der Waals surface area contributed by atoms with E-state index >= 15 is 0 Å². The average Bonchev–Trinajstić information content (AvgIpc) is 2.19. The third-order valence-electron chi connectivity index (χ3n) is 3.21. The monoisotopic (exact) mass is 396 g/mol. The number of aliphatic hydroxyl groups excluding tert-OH is 1. The molecule has 0 aliphatic heterocycles. The molecule has 0 aliphatic carbocycles. The van der Waals surface area contributed by atoms with E-state index in [2.05, 4.69) is 67.0 Å². The van der Waals surface area contributed by atoms with Gasteiger partial charge in [0.1, 0.15) is 12.6 Å². The van der Waals surface area contributed by atoms with Gasteiger partial charge in [0.15, 0.2) is 16.6 Å². The molecular weight excluding hydrogens is 354 g/mol. The van der Waals surface area contributed by atoms with E-state index in [9.17, 15) is 5.11 Å². The van der Waals surface area contributed by atoms with Gasteiger partial charge in [0, 0.05) is 6.61 Å². The number of quaternary nitrogens is 1. The molecule has 0 saturated heterocycles. The van der Waals surface area contributed by atoms with E-state index in [1.165, 1.54) is 0 Å². The van der Waals surface area contributed by atoms with E-state index < -0.39 is 31.3 Å². The van der Waals surface area contributed by atoms with Gasteiger partial charge in [-0.25, -0.2) is 0 Å². The zero-order valence-corrected chi connectivity index (χ0v) is 20.7. The lowest BCUT2D eigenvalue weighted by molar-refractivity contribution is -0.873. The Bertz CT molecular complexity index is 365. The molecule has 0 aromatic carbocycles. The second-order valence-electron chi connectivity index (χ2n) is 9.78. The Labute approximate surface area is 153 Å². The molecule has 0 aromatic heterocycles. The largest absolute Gasteiger partial charge is 0.437 e. The predicted molar refractivity (Wildman–Crippen MR) is 110 cm³/mol. The molecule has 24 heavy (non-hydrogen) atoms. The van der Waals surface area contributed by atoms with Crippen LogP contribution in [0.5, 0.6) is 0 Å². The molecule has 0 saturated carbocycles. The maximum absolute atomic E-state index is 9.94. The van der Waals surface area contributed by atoms with Gasteiger partial charge in [-0.3, -0.25) is 0 Å². The van der Waals surface area contributed by atoms with Gasteiger partial charge in [-0.1, -0.05) is 0 Å². The first kappa shape index (κ1) is 24.5. The van der Waals surface area contributed by atoms with Gasteiger partial charge in [0.05, 0.1) is 27.7 Å². The van der Waals surface area contributed by atoms with Gasteiger partial charge < -0.3 is 22.6 Å². The molecule has 1 atom stereocenters. The summed E-state index contributed by atoms with van der Waals surface area (Å²) in [7, 11) is 0.866. The third-order valence-corrected chi connectivity index (χ3v) is 13.4. The quantitative estimate of drug-likeness (QED) is 0.312. The highest BCUT2D eigenvalue weighted by atomic mass is 28.5. The molecule has 0 bridgehead atoms. The summed E-state index contributed by atoms with van der Waals surface area (Å²) in [5.41, 5.74) is 0. The van der Waals surface area contributed by atoms with Crippen molar-refractivity contribution in [2.45, 2.75) is 64.4 Å². The molecule has 1 unspecified atom stereocenters. The zero-order valence-electron chi connectivity index (χ0n) is 17.7. The summed E-state index contributed by atoms with van der Waals surface area (Å²) in [6.07, 6.45) is 0.580. The van der Waals surface area contributed by atoms with Gasteiger partial charge in [-0.2, -0.15) is 0 Å². The second kappa shape index (κ2) is 9.41. The number of likely N-dealkylation sites (N-methyl/N-ethyl adjacent to an activating group) is 1. The molecule has 0 spiro atoms. The lowest BCUT2D eigenvalue weighted by atomic mass is 10.3. The Morgan fingerprint density at radius 1 is 0.917 bits per heavy atom. The number of hydrogen-bond donors (Lipinski definition) is 1. The van der Waals surface area contributed by atoms with E-state index in [0.717, 1.165) is 16.9 Å². The van der Waals surface area contributed by atoms with Crippen molar-refractivity contribution >= 4 is 25.2 Å². The summed E-state index contributed by atoms with van der Waals surface area (Å²) in [5.74, 6) is 0. The van der Waals surface area contributed by atoms with Crippen LogP contribution in [-0.4, -0.2) is 81.8 Å². The summed E-state index contributed by atoms with van der Waals surface area (Å²) >= 11 is 0. The first-order valence-electron chi connectivity index (χ1n) is 8.98. The number of hydrogen-bond acceptors (Lipinski definition) is 4. The second-order valence-corrected chi connectivity index (χ2v) is 22.5. The predicted octanol–water partition coefficient (Wildman–Crippen LogP) is 3.24. The SMILES string of the molecule is C[N+](C)(C)CC(O)COCCC[Si](C)(C)O[Si](C)(C)O[Si](C)(C)C. The molecule has 5 nitrogen and oxygen atoms in total. The molecule has 0 aromatic rings. The van der Waals surface area contributed by atoms with Crippen LogP contribution in [0.2, 0.25) is 51.9 Å². The molecule has 0 amide bonds. The Kier molecular flexibility index (Phi) is 9.58. The van der Waals surface area contributed by atoms with Gasteiger partial charge in [0.2, 0.25) is 0 Å². The fourth-order valence-corrected chi connectivity index (χ4v) is 16.1. The van der Waals surface area contributed by atoms with Crippen molar-refractivity contribution in [2.75, 3.05) is 40.9 Å². The van der Waals surface area contributed by atoms with Crippen molar-refractivity contribution < 1.29 is 22.6 Å². The summed E-state index contributed by atoms with van der Waals surface area (Å²) in [6.45, 7) is 17.3. The minimum Gasteiger partial charge on any atom is -0.437 e. The maximum atomic E-state index is 9.94. The number of rotatable bonds is 12. The van der Waals surface area contributed by atoms with Crippen molar-refractivity contribution in [3.8, 4) is 0 Å². The van der Waals surface area contributed by atoms with E-state index in [1.807, 2.05) is 0 Å². The number of aliphatic hydroxyl groups is 1. The number of ether oxygens (including phenoxy) is 1. The van der Waals surface area contributed by atoms with Crippen LogP contribution in [-0.2, 0) is 13.0 Å². The fourth-order valence-electron chi connectivity index (χ4n) is 2.98. The van der Waals surface area contributed by atoms with Crippen LogP contribution in [0.4, 0.5) is 0 Å². The van der Waals surface area contributed by atoms with Crippen LogP contribution in [0.25, 0.3) is 0 Å². The highest BCUT2D eigenvalue weighted by molar-refractivity contribution is 6.87. The van der Waals surface area contributed by atoms with Crippen LogP contribution in [0, 0.1) is 0 Å². The van der Waals surface area contributed by atoms with Crippen LogP contribution < -0.4 is 0 Å². The maximum Gasteiger partial charge on any atom is 0.311 e. The first-order chi connectivity index (χ1) is 10.5. The first-order valence-corrected chi connectivity index (χ1v) is 18.3. The molecule has 0 fully saturated rings. The lowest BCUT2D eigenvalue weighted by Gasteiger charge is -2.37. The summed E-state index contributed by atoms with van der Waals surface area (Å²) in [4.78, 5) is 0. The van der Waals surface area contributed by atoms with Gasteiger partial charge >= 0.3 is 8.56 Å². The molecule has 0 radical (unpaired) electrons. The van der Waals surface area contributed by atoms with Crippen molar-refractivity contribution in [1.29, 1.82) is 0 Å². The highest BCUT2D eigenvalue weighted by Gasteiger charge is 2.37. The summed E-state index contributed by atoms with van der Waals surface area (Å²) in [6, 6.07) is 1.06. The molecule has 1 N–H and O–H groups in total. The fraction of sp³-hybridized carbons (Fsp3) is 1.00. The Morgan fingerprint density at radius 2 is 1.46 bits per heavy atom. The van der Waals surface area contributed by atoms with Crippen molar-refractivity contribution in [1.82, 2.24) is 0 Å². The van der Waals surface area contributed by atoms with Crippen LogP contribution >= 0.6 is 0 Å². The van der Waals surface area contributed by atoms with Gasteiger partial charge in [-0.05, 0) is 58.3 Å². The van der Waals surface area contributed by atoms with Crippen LogP contribution in [0.3, 0.4) is 0 Å². The molecule has 146 valence electrons. The molecule has 0 aliphatic rings. The van der Waals surface area contributed by atoms with E-state index in [-0.39, 0.29) is 0 Å². The molecule has 8 heteroatoms. The Hall–Kier alpha value is 0.451. The minimum atomic E-state index is -2.05. The van der Waals surface area contributed by atoms with E-state index in [0.29, 0.717) is 19.8 Å². The highest BCUT2D eigenvalue weighted by Crippen LogP contribution is 2.23. The third kappa shape index (κ3) is 14.8. The van der Waals surface area contributed by atoms with Crippen molar-refractivity contribution in [3.63, 3.8) is 0 Å². The Balaban J connectivity index is 4.08. The summed E-state index contributed by atoms with van der Waals surface area (Å²) < 4.78 is 19.2. The van der Waals surface area contributed by atoms with E-state index in [4.69, 9.17) is 13.0 Å².